The molecule has 0 bridgehead atoms. The summed E-state index contributed by atoms with van der Waals surface area (Å²) < 4.78 is 10.00. The molecule has 0 spiro atoms. The summed E-state index contributed by atoms with van der Waals surface area (Å²) in [6.07, 6.45) is 0. The van der Waals surface area contributed by atoms with Gasteiger partial charge in [-0.2, -0.15) is 0 Å². The Hall–Kier alpha value is -1.55. The highest BCUT2D eigenvalue weighted by Gasteiger charge is 2.16. The predicted molar refractivity (Wildman–Crippen MR) is 51.0 cm³/mol. The number of hydrogen-bond donors (Lipinski definition) is 1. The normalized spacial score (nSPS) is 9.64. The van der Waals surface area contributed by atoms with Crippen LogP contribution in [-0.4, -0.2) is 31.7 Å². The first-order valence-electron chi connectivity index (χ1n) is 4.09. The molecule has 0 atom stereocenters. The molecule has 14 heavy (non-hydrogen) atoms. The summed E-state index contributed by atoms with van der Waals surface area (Å²) in [5.41, 5.74) is 0.278. The van der Waals surface area contributed by atoms with Crippen LogP contribution < -0.4 is 9.47 Å². The zero-order chi connectivity index (χ0) is 10.6. The number of methoxy groups -OCH3 is 2. The Labute approximate surface area is 82.1 Å². The summed E-state index contributed by atoms with van der Waals surface area (Å²) in [6, 6.07) is 5.00. The zero-order valence-electron chi connectivity index (χ0n) is 8.11. The molecule has 0 aliphatic rings. The van der Waals surface area contributed by atoms with E-state index in [2.05, 4.69) is 0 Å². The number of carbonyl (C=O) groups is 1. The molecular weight excluding hydrogens is 184 g/mol. The first-order valence-corrected chi connectivity index (χ1v) is 4.09. The van der Waals surface area contributed by atoms with Crippen LogP contribution in [0.1, 0.15) is 10.4 Å². The van der Waals surface area contributed by atoms with Gasteiger partial charge in [0.1, 0.15) is 23.7 Å². The number of rotatable bonds is 4. The molecule has 1 aromatic rings. The fourth-order valence-corrected chi connectivity index (χ4v) is 1.21. The van der Waals surface area contributed by atoms with E-state index < -0.39 is 12.4 Å². The van der Waals surface area contributed by atoms with Crippen molar-refractivity contribution in [3.8, 4) is 11.5 Å². The van der Waals surface area contributed by atoms with E-state index >= 15 is 0 Å². The minimum absolute atomic E-state index is 0.278. The van der Waals surface area contributed by atoms with Gasteiger partial charge in [-0.1, -0.05) is 6.07 Å². The molecule has 0 saturated carbocycles. The monoisotopic (exact) mass is 196 g/mol. The number of carbonyl (C=O) groups excluding carboxylic acids is 1. The summed E-state index contributed by atoms with van der Waals surface area (Å²) in [4.78, 5) is 11.4. The van der Waals surface area contributed by atoms with E-state index in [1.807, 2.05) is 0 Å². The van der Waals surface area contributed by atoms with Crippen molar-refractivity contribution in [2.45, 2.75) is 0 Å². The van der Waals surface area contributed by atoms with Crippen molar-refractivity contribution in [2.24, 2.45) is 0 Å². The maximum Gasteiger partial charge on any atom is 0.195 e. The van der Waals surface area contributed by atoms with Crippen molar-refractivity contribution in [1.82, 2.24) is 0 Å². The maximum atomic E-state index is 11.4. The lowest BCUT2D eigenvalue weighted by molar-refractivity contribution is 0.0897. The molecule has 1 rings (SSSR count). The predicted octanol–water partition coefficient (Wildman–Crippen LogP) is 0.879. The molecule has 76 valence electrons. The zero-order valence-corrected chi connectivity index (χ0v) is 8.11. The average Bonchev–Trinajstić information content (AvgIpc) is 2.26. The summed E-state index contributed by atoms with van der Waals surface area (Å²) in [5, 5.41) is 8.77. The lowest BCUT2D eigenvalue weighted by atomic mass is 10.1. The van der Waals surface area contributed by atoms with Crippen LogP contribution in [0.5, 0.6) is 11.5 Å². The van der Waals surface area contributed by atoms with E-state index in [0.717, 1.165) is 0 Å². The lowest BCUT2D eigenvalue weighted by Crippen LogP contribution is -2.08. The topological polar surface area (TPSA) is 55.8 Å². The van der Waals surface area contributed by atoms with Gasteiger partial charge >= 0.3 is 0 Å². The first-order chi connectivity index (χ1) is 6.74. The smallest absolute Gasteiger partial charge is 0.195 e. The second kappa shape index (κ2) is 4.62. The standard InChI is InChI=1S/C10H12O4/c1-13-8-4-3-5-9(14-2)10(8)7(12)6-11/h3-5,11H,6H2,1-2H3. The molecule has 0 unspecified atom stereocenters. The van der Waals surface area contributed by atoms with E-state index in [9.17, 15) is 4.79 Å². The van der Waals surface area contributed by atoms with Crippen LogP contribution in [0, 0.1) is 0 Å². The number of aliphatic hydroxyl groups is 1. The third-order valence-electron chi connectivity index (χ3n) is 1.85. The first kappa shape index (κ1) is 10.5. The maximum absolute atomic E-state index is 11.4. The molecule has 0 aliphatic carbocycles. The SMILES string of the molecule is COc1cccc(OC)c1C(=O)CO. The van der Waals surface area contributed by atoms with Crippen LogP contribution in [0.4, 0.5) is 0 Å². The third kappa shape index (κ3) is 1.85. The van der Waals surface area contributed by atoms with Gasteiger partial charge in [0.25, 0.3) is 0 Å². The summed E-state index contributed by atoms with van der Waals surface area (Å²) in [7, 11) is 2.92. The molecule has 0 heterocycles. The van der Waals surface area contributed by atoms with Gasteiger partial charge in [0.05, 0.1) is 14.2 Å². The summed E-state index contributed by atoms with van der Waals surface area (Å²) in [5.74, 6) is 0.395. The van der Waals surface area contributed by atoms with Gasteiger partial charge in [0.2, 0.25) is 0 Å². The van der Waals surface area contributed by atoms with Gasteiger partial charge in [-0.25, -0.2) is 0 Å². The number of ether oxygens (including phenoxy) is 2. The van der Waals surface area contributed by atoms with Crippen LogP contribution in [0.2, 0.25) is 0 Å². The van der Waals surface area contributed by atoms with Crippen LogP contribution in [0.25, 0.3) is 0 Å². The van der Waals surface area contributed by atoms with Crippen molar-refractivity contribution < 1.29 is 19.4 Å². The molecule has 0 fully saturated rings. The molecule has 0 aromatic heterocycles. The van der Waals surface area contributed by atoms with E-state index in [4.69, 9.17) is 14.6 Å². The Morgan fingerprint density at radius 1 is 1.29 bits per heavy atom. The highest BCUT2D eigenvalue weighted by atomic mass is 16.5. The second-order valence-corrected chi connectivity index (χ2v) is 2.62. The van der Waals surface area contributed by atoms with Gasteiger partial charge in [0, 0.05) is 0 Å². The highest BCUT2D eigenvalue weighted by Crippen LogP contribution is 2.28. The van der Waals surface area contributed by atoms with Gasteiger partial charge in [-0.3, -0.25) is 4.79 Å². The van der Waals surface area contributed by atoms with Gasteiger partial charge in [0.15, 0.2) is 5.78 Å². The molecule has 4 heteroatoms. The Balaban J connectivity index is 3.25. The van der Waals surface area contributed by atoms with Crippen molar-refractivity contribution in [1.29, 1.82) is 0 Å². The molecular formula is C10H12O4. The van der Waals surface area contributed by atoms with Crippen molar-refractivity contribution in [3.05, 3.63) is 23.8 Å². The van der Waals surface area contributed by atoms with Crippen molar-refractivity contribution >= 4 is 5.78 Å². The van der Waals surface area contributed by atoms with Gasteiger partial charge < -0.3 is 14.6 Å². The molecule has 0 amide bonds. The van der Waals surface area contributed by atoms with Gasteiger partial charge in [-0.15, -0.1) is 0 Å². The van der Waals surface area contributed by atoms with Crippen LogP contribution in [0.15, 0.2) is 18.2 Å². The lowest BCUT2D eigenvalue weighted by Gasteiger charge is -2.10. The fourth-order valence-electron chi connectivity index (χ4n) is 1.21. The van der Waals surface area contributed by atoms with Crippen molar-refractivity contribution in [2.75, 3.05) is 20.8 Å². The van der Waals surface area contributed by atoms with Crippen LogP contribution >= 0.6 is 0 Å². The molecule has 1 aromatic carbocycles. The Morgan fingerprint density at radius 3 is 2.14 bits per heavy atom. The number of hydrogen-bond acceptors (Lipinski definition) is 4. The number of aliphatic hydroxyl groups excluding tert-OH is 1. The summed E-state index contributed by atoms with van der Waals surface area (Å²) in [6.45, 7) is -0.559. The fraction of sp³-hybridized carbons (Fsp3) is 0.300. The van der Waals surface area contributed by atoms with Gasteiger partial charge in [-0.05, 0) is 12.1 Å². The molecule has 1 N–H and O–H groups in total. The van der Waals surface area contributed by atoms with E-state index in [-0.39, 0.29) is 5.56 Å². The van der Waals surface area contributed by atoms with Crippen molar-refractivity contribution in [3.63, 3.8) is 0 Å². The van der Waals surface area contributed by atoms with Crippen LogP contribution in [0.3, 0.4) is 0 Å². The van der Waals surface area contributed by atoms with E-state index in [1.54, 1.807) is 18.2 Å². The van der Waals surface area contributed by atoms with Crippen LogP contribution in [-0.2, 0) is 0 Å². The quantitative estimate of drug-likeness (QED) is 0.726. The van der Waals surface area contributed by atoms with E-state index in [0.29, 0.717) is 11.5 Å². The molecule has 0 saturated heterocycles. The minimum Gasteiger partial charge on any atom is -0.496 e. The Bertz CT molecular complexity index is 311. The number of ketones is 1. The molecule has 4 nitrogen and oxygen atoms in total. The third-order valence-corrected chi connectivity index (χ3v) is 1.85. The number of Topliss-reactive ketones (excluding diaryl/α,β-unsaturated/α-hetero) is 1. The Morgan fingerprint density at radius 2 is 1.79 bits per heavy atom. The molecule has 0 radical (unpaired) electrons. The average molecular weight is 196 g/mol. The largest absolute Gasteiger partial charge is 0.496 e. The summed E-state index contributed by atoms with van der Waals surface area (Å²) >= 11 is 0. The van der Waals surface area contributed by atoms with E-state index in [1.165, 1.54) is 14.2 Å². The Kier molecular flexibility index (Phi) is 3.48. The highest BCUT2D eigenvalue weighted by molar-refractivity contribution is 6.02. The second-order valence-electron chi connectivity index (χ2n) is 2.62. The minimum atomic E-state index is -0.559. The number of benzene rings is 1. The molecule has 0 aliphatic heterocycles.